The molecule has 0 aliphatic heterocycles. The van der Waals surface area contributed by atoms with Gasteiger partial charge in [0.15, 0.2) is 0 Å². The van der Waals surface area contributed by atoms with E-state index in [0.29, 0.717) is 12.5 Å². The number of hydrogen-bond donors (Lipinski definition) is 3. The minimum atomic E-state index is -0.358. The van der Waals surface area contributed by atoms with E-state index >= 15 is 0 Å². The Morgan fingerprint density at radius 2 is 2.23 bits per heavy atom. The van der Waals surface area contributed by atoms with Crippen LogP contribution in [0.1, 0.15) is 45.8 Å². The Labute approximate surface area is 132 Å². The summed E-state index contributed by atoms with van der Waals surface area (Å²) >= 11 is 0. The van der Waals surface area contributed by atoms with Crippen LogP contribution in [0, 0.1) is 11.3 Å². The summed E-state index contributed by atoms with van der Waals surface area (Å²) in [5.41, 5.74) is -0.179. The Bertz CT molecular complexity index is 484. The van der Waals surface area contributed by atoms with Crippen molar-refractivity contribution in [2.75, 3.05) is 13.2 Å². The molecule has 1 amide bonds. The van der Waals surface area contributed by atoms with E-state index in [4.69, 9.17) is 4.42 Å². The maximum atomic E-state index is 12.0. The Hall–Kier alpha value is -1.33. The molecule has 5 nitrogen and oxygen atoms in total. The van der Waals surface area contributed by atoms with Gasteiger partial charge in [0.25, 0.3) is 0 Å². The van der Waals surface area contributed by atoms with Crippen LogP contribution >= 0.6 is 0 Å². The minimum absolute atomic E-state index is 0.0617. The van der Waals surface area contributed by atoms with Crippen molar-refractivity contribution in [2.24, 2.45) is 11.3 Å². The molecule has 3 N–H and O–H groups in total. The summed E-state index contributed by atoms with van der Waals surface area (Å²) in [4.78, 5) is 12.0. The molecule has 2 rings (SSSR count). The number of hydrogen-bond acceptors (Lipinski definition) is 4. The standard InChI is InChI=1S/C17H28N2O3/c1-13-7-16(2,3)11-17(8-13,12-20)19-10-15(21)18-9-14-5-4-6-22-14/h4-6,13,19-20H,7-12H2,1-3H3,(H,18,21)/t13-,17-/m1/s1. The van der Waals surface area contributed by atoms with Gasteiger partial charge in [-0.05, 0) is 42.7 Å². The van der Waals surface area contributed by atoms with Crippen molar-refractivity contribution >= 4 is 5.91 Å². The van der Waals surface area contributed by atoms with E-state index in [1.54, 1.807) is 12.3 Å². The maximum Gasteiger partial charge on any atom is 0.234 e. The SMILES string of the molecule is C[C@@H]1CC(C)(C)C[C@](CO)(NCC(=O)NCc2ccco2)C1. The summed E-state index contributed by atoms with van der Waals surface area (Å²) < 4.78 is 5.19. The van der Waals surface area contributed by atoms with Gasteiger partial charge in [0, 0.05) is 5.54 Å². The van der Waals surface area contributed by atoms with Gasteiger partial charge in [-0.25, -0.2) is 0 Å². The monoisotopic (exact) mass is 308 g/mol. The predicted molar refractivity (Wildman–Crippen MR) is 85.2 cm³/mol. The molecule has 1 aromatic rings. The molecule has 1 aromatic heterocycles. The third-order valence-corrected chi connectivity index (χ3v) is 4.42. The zero-order chi connectivity index (χ0) is 16.2. The number of carbonyl (C=O) groups is 1. The van der Waals surface area contributed by atoms with Crippen molar-refractivity contribution in [3.05, 3.63) is 24.2 Å². The fourth-order valence-electron chi connectivity index (χ4n) is 3.98. The second-order valence-electron chi connectivity index (χ2n) is 7.50. The van der Waals surface area contributed by atoms with Gasteiger partial charge < -0.3 is 20.2 Å². The highest BCUT2D eigenvalue weighted by Crippen LogP contribution is 2.43. The van der Waals surface area contributed by atoms with Crippen LogP contribution in [0.4, 0.5) is 0 Å². The Morgan fingerprint density at radius 3 is 2.82 bits per heavy atom. The van der Waals surface area contributed by atoms with E-state index in [9.17, 15) is 9.90 Å². The highest BCUT2D eigenvalue weighted by atomic mass is 16.3. The van der Waals surface area contributed by atoms with Gasteiger partial charge in [-0.1, -0.05) is 20.8 Å². The molecule has 124 valence electrons. The van der Waals surface area contributed by atoms with Crippen LogP contribution in [-0.2, 0) is 11.3 Å². The summed E-state index contributed by atoms with van der Waals surface area (Å²) in [5.74, 6) is 1.19. The molecule has 0 saturated heterocycles. The number of amides is 1. The quantitative estimate of drug-likeness (QED) is 0.752. The Morgan fingerprint density at radius 1 is 1.45 bits per heavy atom. The molecule has 0 bridgehead atoms. The number of furan rings is 1. The first kappa shape index (κ1) is 17.0. The normalized spacial score (nSPS) is 27.5. The van der Waals surface area contributed by atoms with Crippen LogP contribution in [0.15, 0.2) is 22.8 Å². The van der Waals surface area contributed by atoms with Crippen molar-refractivity contribution in [3.63, 3.8) is 0 Å². The number of aliphatic hydroxyl groups is 1. The van der Waals surface area contributed by atoms with Crippen molar-refractivity contribution < 1.29 is 14.3 Å². The Balaban J connectivity index is 1.86. The molecule has 0 unspecified atom stereocenters. The van der Waals surface area contributed by atoms with E-state index in [1.807, 2.05) is 6.07 Å². The molecule has 0 radical (unpaired) electrons. The fraction of sp³-hybridized carbons (Fsp3) is 0.706. The van der Waals surface area contributed by atoms with Gasteiger partial charge in [-0.15, -0.1) is 0 Å². The lowest BCUT2D eigenvalue weighted by molar-refractivity contribution is -0.121. The van der Waals surface area contributed by atoms with Crippen molar-refractivity contribution in [2.45, 2.75) is 52.1 Å². The van der Waals surface area contributed by atoms with Gasteiger partial charge in [0.2, 0.25) is 5.91 Å². The summed E-state index contributed by atoms with van der Waals surface area (Å²) in [6.45, 7) is 7.33. The second kappa shape index (κ2) is 6.84. The number of nitrogens with one attached hydrogen (secondary N) is 2. The van der Waals surface area contributed by atoms with Gasteiger partial charge in [-0.2, -0.15) is 0 Å². The topological polar surface area (TPSA) is 74.5 Å². The molecule has 22 heavy (non-hydrogen) atoms. The molecular weight excluding hydrogens is 280 g/mol. The van der Waals surface area contributed by atoms with E-state index in [-0.39, 0.29) is 30.0 Å². The molecular formula is C17H28N2O3. The van der Waals surface area contributed by atoms with Gasteiger partial charge in [-0.3, -0.25) is 4.79 Å². The van der Waals surface area contributed by atoms with Crippen molar-refractivity contribution in [1.82, 2.24) is 10.6 Å². The van der Waals surface area contributed by atoms with E-state index in [0.717, 1.165) is 25.0 Å². The van der Waals surface area contributed by atoms with Crippen LogP contribution in [-0.4, -0.2) is 29.7 Å². The lowest BCUT2D eigenvalue weighted by Gasteiger charge is -2.47. The summed E-state index contributed by atoms with van der Waals surface area (Å²) in [6.07, 6.45) is 4.53. The summed E-state index contributed by atoms with van der Waals surface area (Å²) in [6, 6.07) is 3.63. The van der Waals surface area contributed by atoms with Crippen molar-refractivity contribution in [1.29, 1.82) is 0 Å². The highest BCUT2D eigenvalue weighted by Gasteiger charge is 2.42. The molecule has 1 aliphatic carbocycles. The highest BCUT2D eigenvalue weighted by molar-refractivity contribution is 5.78. The second-order valence-corrected chi connectivity index (χ2v) is 7.50. The van der Waals surface area contributed by atoms with Crippen LogP contribution in [0.3, 0.4) is 0 Å². The number of aliphatic hydroxyl groups excluding tert-OH is 1. The first-order valence-corrected chi connectivity index (χ1v) is 7.99. The zero-order valence-corrected chi connectivity index (χ0v) is 13.8. The van der Waals surface area contributed by atoms with Gasteiger partial charge in [0.1, 0.15) is 5.76 Å². The smallest absolute Gasteiger partial charge is 0.234 e. The lowest BCUT2D eigenvalue weighted by Crippen LogP contribution is -2.57. The molecule has 0 aromatic carbocycles. The molecule has 0 spiro atoms. The molecule has 1 aliphatic rings. The third kappa shape index (κ3) is 4.58. The number of rotatable bonds is 6. The fourth-order valence-corrected chi connectivity index (χ4v) is 3.98. The summed E-state index contributed by atoms with van der Waals surface area (Å²) in [5, 5.41) is 16.0. The lowest BCUT2D eigenvalue weighted by atomic mass is 9.64. The van der Waals surface area contributed by atoms with Gasteiger partial charge in [0.05, 0.1) is 26.0 Å². The summed E-state index contributed by atoms with van der Waals surface area (Å²) in [7, 11) is 0. The Kier molecular flexibility index (Phi) is 5.29. The van der Waals surface area contributed by atoms with E-state index in [1.165, 1.54) is 0 Å². The van der Waals surface area contributed by atoms with E-state index in [2.05, 4.69) is 31.4 Å². The van der Waals surface area contributed by atoms with Crippen LogP contribution < -0.4 is 10.6 Å². The maximum absolute atomic E-state index is 12.0. The third-order valence-electron chi connectivity index (χ3n) is 4.42. The first-order valence-electron chi connectivity index (χ1n) is 7.99. The predicted octanol–water partition coefficient (Wildman–Crippen LogP) is 2.06. The molecule has 1 fully saturated rings. The van der Waals surface area contributed by atoms with Crippen LogP contribution in [0.5, 0.6) is 0 Å². The molecule has 5 heteroatoms. The average Bonchev–Trinajstić information content (AvgIpc) is 2.94. The average molecular weight is 308 g/mol. The zero-order valence-electron chi connectivity index (χ0n) is 13.8. The molecule has 2 atom stereocenters. The first-order chi connectivity index (χ1) is 10.3. The van der Waals surface area contributed by atoms with Crippen molar-refractivity contribution in [3.8, 4) is 0 Å². The van der Waals surface area contributed by atoms with E-state index < -0.39 is 0 Å². The molecule has 1 saturated carbocycles. The molecule has 1 heterocycles. The minimum Gasteiger partial charge on any atom is -0.467 e. The number of carbonyl (C=O) groups excluding carboxylic acids is 1. The van der Waals surface area contributed by atoms with Crippen LogP contribution in [0.25, 0.3) is 0 Å². The van der Waals surface area contributed by atoms with Gasteiger partial charge >= 0.3 is 0 Å². The largest absolute Gasteiger partial charge is 0.467 e. The van der Waals surface area contributed by atoms with Crippen LogP contribution in [0.2, 0.25) is 0 Å².